The summed E-state index contributed by atoms with van der Waals surface area (Å²) in [4.78, 5) is 15.8. The molecule has 0 aliphatic heterocycles. The van der Waals surface area contributed by atoms with Gasteiger partial charge in [0.15, 0.2) is 5.82 Å². The predicted molar refractivity (Wildman–Crippen MR) is 64.5 cm³/mol. The molecule has 0 bridgehead atoms. The van der Waals surface area contributed by atoms with Crippen molar-refractivity contribution in [1.29, 1.82) is 0 Å². The fourth-order valence-corrected chi connectivity index (χ4v) is 1.24. The van der Waals surface area contributed by atoms with Gasteiger partial charge in [0, 0.05) is 32.5 Å². The molecule has 17 heavy (non-hydrogen) atoms. The van der Waals surface area contributed by atoms with Crippen LogP contribution in [0.5, 0.6) is 0 Å². The molecule has 1 heterocycles. The van der Waals surface area contributed by atoms with Crippen molar-refractivity contribution in [3.05, 3.63) is 52.2 Å². The molecule has 0 aliphatic carbocycles. The lowest BCUT2D eigenvalue weighted by molar-refractivity contribution is -0.404. The normalized spacial score (nSPS) is 11.1. The first kappa shape index (κ1) is 13.0. The Labute approximate surface area is 100 Å². The van der Waals surface area contributed by atoms with E-state index in [1.807, 2.05) is 19.1 Å². The summed E-state index contributed by atoms with van der Waals surface area (Å²) < 4.78 is 0. The minimum Gasteiger partial charge on any atom is -0.362 e. The van der Waals surface area contributed by atoms with Crippen LogP contribution < -0.4 is 5.32 Å². The minimum absolute atomic E-state index is 0.461. The molecule has 0 radical (unpaired) electrons. The number of pyridine rings is 1. The molecule has 1 rings (SSSR count). The van der Waals surface area contributed by atoms with E-state index in [1.54, 1.807) is 24.3 Å². The Morgan fingerprint density at radius 3 is 3.00 bits per heavy atom. The van der Waals surface area contributed by atoms with Gasteiger partial charge in [-0.2, -0.15) is 0 Å². The number of nitro groups is 1. The topological polar surface area (TPSA) is 71.3 Å². The predicted octanol–water partition coefficient (Wildman–Crippen LogP) is 1.20. The van der Waals surface area contributed by atoms with Gasteiger partial charge < -0.3 is 10.2 Å². The van der Waals surface area contributed by atoms with Crippen LogP contribution in [0, 0.1) is 10.1 Å². The summed E-state index contributed by atoms with van der Waals surface area (Å²) in [6.07, 6.45) is 4.39. The molecule has 0 saturated carbocycles. The highest BCUT2D eigenvalue weighted by Gasteiger charge is 2.07. The summed E-state index contributed by atoms with van der Waals surface area (Å²) in [5.74, 6) is 0.487. The van der Waals surface area contributed by atoms with Gasteiger partial charge in [0.05, 0.1) is 4.92 Å². The Kier molecular flexibility index (Phi) is 4.93. The highest BCUT2D eigenvalue weighted by atomic mass is 16.6. The lowest BCUT2D eigenvalue weighted by Gasteiger charge is -2.19. The molecule has 0 atom stereocenters. The van der Waals surface area contributed by atoms with Crippen LogP contribution in [0.3, 0.4) is 0 Å². The van der Waals surface area contributed by atoms with Gasteiger partial charge in [0.25, 0.3) is 6.20 Å². The largest absolute Gasteiger partial charge is 0.362 e. The second-order valence-electron chi connectivity index (χ2n) is 3.53. The third-order valence-corrected chi connectivity index (χ3v) is 2.31. The zero-order valence-corrected chi connectivity index (χ0v) is 9.96. The fraction of sp³-hybridized carbons (Fsp3) is 0.364. The van der Waals surface area contributed by atoms with E-state index in [0.29, 0.717) is 18.9 Å². The van der Waals surface area contributed by atoms with Crippen molar-refractivity contribution in [1.82, 2.24) is 15.2 Å². The maximum atomic E-state index is 10.5. The van der Waals surface area contributed by atoms with Gasteiger partial charge in [0.1, 0.15) is 0 Å². The van der Waals surface area contributed by atoms with Gasteiger partial charge in [-0.25, -0.2) is 0 Å². The van der Waals surface area contributed by atoms with Crippen LogP contribution in [0.25, 0.3) is 0 Å². The monoisotopic (exact) mass is 236 g/mol. The third kappa shape index (κ3) is 4.50. The van der Waals surface area contributed by atoms with Crippen LogP contribution in [0.4, 0.5) is 0 Å². The van der Waals surface area contributed by atoms with Crippen LogP contribution >= 0.6 is 0 Å². The van der Waals surface area contributed by atoms with Crippen molar-refractivity contribution in [2.75, 3.05) is 13.6 Å². The average Bonchev–Trinajstić information content (AvgIpc) is 2.34. The first-order chi connectivity index (χ1) is 8.13. The molecule has 0 spiro atoms. The molecule has 6 nitrogen and oxygen atoms in total. The lowest BCUT2D eigenvalue weighted by atomic mass is 10.3. The van der Waals surface area contributed by atoms with E-state index in [-0.39, 0.29) is 0 Å². The van der Waals surface area contributed by atoms with Gasteiger partial charge >= 0.3 is 0 Å². The SMILES string of the molecule is CCN(C)C(=C[N+](=O)[O-])NCc1cccnc1. The molecule has 6 heteroatoms. The Balaban J connectivity index is 2.65. The average molecular weight is 236 g/mol. The highest BCUT2D eigenvalue weighted by Crippen LogP contribution is 2.01. The fourth-order valence-electron chi connectivity index (χ4n) is 1.24. The number of hydrogen-bond acceptors (Lipinski definition) is 5. The zero-order valence-electron chi connectivity index (χ0n) is 9.96. The summed E-state index contributed by atoms with van der Waals surface area (Å²) in [5, 5.41) is 13.5. The standard InChI is InChI=1S/C11H16N4O2/c1-3-14(2)11(9-15(16)17)13-8-10-5-4-6-12-7-10/h4-7,9,13H,3,8H2,1-2H3. The first-order valence-corrected chi connectivity index (χ1v) is 5.32. The molecule has 0 aromatic carbocycles. The number of nitrogens with one attached hydrogen (secondary N) is 1. The Morgan fingerprint density at radius 2 is 2.47 bits per heavy atom. The quantitative estimate of drug-likeness (QED) is 0.593. The van der Waals surface area contributed by atoms with Crippen molar-refractivity contribution in [3.63, 3.8) is 0 Å². The summed E-state index contributed by atoms with van der Waals surface area (Å²) in [6, 6.07) is 3.74. The molecule has 92 valence electrons. The second-order valence-corrected chi connectivity index (χ2v) is 3.53. The molecule has 0 fully saturated rings. The van der Waals surface area contributed by atoms with Crippen molar-refractivity contribution in [2.45, 2.75) is 13.5 Å². The van der Waals surface area contributed by atoms with Gasteiger partial charge in [0.2, 0.25) is 0 Å². The van der Waals surface area contributed by atoms with Crippen LogP contribution in [-0.2, 0) is 6.54 Å². The molecule has 0 amide bonds. The molecule has 1 N–H and O–H groups in total. The van der Waals surface area contributed by atoms with Crippen molar-refractivity contribution >= 4 is 0 Å². The molecule has 0 unspecified atom stereocenters. The van der Waals surface area contributed by atoms with E-state index in [1.165, 1.54) is 0 Å². The molecule has 1 aromatic rings. The third-order valence-electron chi connectivity index (χ3n) is 2.31. The summed E-state index contributed by atoms with van der Waals surface area (Å²) >= 11 is 0. The van der Waals surface area contributed by atoms with E-state index in [0.717, 1.165) is 11.8 Å². The molecular formula is C11H16N4O2. The van der Waals surface area contributed by atoms with Gasteiger partial charge in [-0.05, 0) is 18.6 Å². The minimum atomic E-state index is -0.461. The molecule has 0 saturated heterocycles. The van der Waals surface area contributed by atoms with Crippen LogP contribution in [0.2, 0.25) is 0 Å². The molecular weight excluding hydrogens is 220 g/mol. The van der Waals surface area contributed by atoms with Crippen molar-refractivity contribution in [3.8, 4) is 0 Å². The molecule has 0 aliphatic rings. The van der Waals surface area contributed by atoms with Gasteiger partial charge in [-0.3, -0.25) is 15.1 Å². The zero-order chi connectivity index (χ0) is 12.7. The number of nitrogens with zero attached hydrogens (tertiary/aromatic N) is 3. The van der Waals surface area contributed by atoms with Crippen LogP contribution in [-0.4, -0.2) is 28.4 Å². The lowest BCUT2D eigenvalue weighted by Crippen LogP contribution is -2.29. The number of aromatic nitrogens is 1. The summed E-state index contributed by atoms with van der Waals surface area (Å²) in [6.45, 7) is 3.14. The van der Waals surface area contributed by atoms with Crippen LogP contribution in [0.15, 0.2) is 36.5 Å². The van der Waals surface area contributed by atoms with E-state index in [9.17, 15) is 10.1 Å². The highest BCUT2D eigenvalue weighted by molar-refractivity contribution is 5.09. The van der Waals surface area contributed by atoms with E-state index < -0.39 is 4.92 Å². The number of rotatable bonds is 6. The van der Waals surface area contributed by atoms with Gasteiger partial charge in [-0.1, -0.05) is 6.07 Å². The van der Waals surface area contributed by atoms with E-state index in [4.69, 9.17) is 0 Å². The Bertz CT molecular complexity index is 392. The maximum absolute atomic E-state index is 10.5. The number of hydrogen-bond donors (Lipinski definition) is 1. The van der Waals surface area contributed by atoms with Crippen molar-refractivity contribution in [2.24, 2.45) is 0 Å². The maximum Gasteiger partial charge on any atom is 0.274 e. The smallest absolute Gasteiger partial charge is 0.274 e. The Morgan fingerprint density at radius 1 is 1.71 bits per heavy atom. The van der Waals surface area contributed by atoms with E-state index >= 15 is 0 Å². The molecule has 1 aromatic heterocycles. The Hall–Kier alpha value is -2.11. The van der Waals surface area contributed by atoms with Gasteiger partial charge in [-0.15, -0.1) is 0 Å². The summed E-state index contributed by atoms with van der Waals surface area (Å²) in [5.41, 5.74) is 0.978. The van der Waals surface area contributed by atoms with Crippen LogP contribution in [0.1, 0.15) is 12.5 Å². The summed E-state index contributed by atoms with van der Waals surface area (Å²) in [7, 11) is 1.80. The first-order valence-electron chi connectivity index (χ1n) is 5.32. The van der Waals surface area contributed by atoms with E-state index in [2.05, 4.69) is 10.3 Å². The van der Waals surface area contributed by atoms with Crippen molar-refractivity contribution < 1.29 is 4.92 Å². The second kappa shape index (κ2) is 6.47.